The molecule has 1 N–H and O–H groups in total. The van der Waals surface area contributed by atoms with E-state index >= 15 is 0 Å². The van der Waals surface area contributed by atoms with Crippen LogP contribution in [0.2, 0.25) is 0 Å². The molecule has 0 radical (unpaired) electrons. The van der Waals surface area contributed by atoms with Crippen LogP contribution < -0.4 is 10.1 Å². The van der Waals surface area contributed by atoms with Crippen LogP contribution in [0.4, 0.5) is 5.69 Å². The van der Waals surface area contributed by atoms with E-state index in [1.54, 1.807) is 12.1 Å². The van der Waals surface area contributed by atoms with E-state index in [1.807, 2.05) is 20.8 Å². The number of nitrogens with zero attached hydrogens (tertiary/aromatic N) is 1. The maximum absolute atomic E-state index is 12.1. The highest BCUT2D eigenvalue weighted by Gasteiger charge is 2.30. The van der Waals surface area contributed by atoms with Gasteiger partial charge in [0.15, 0.2) is 0 Å². The summed E-state index contributed by atoms with van der Waals surface area (Å²) in [7, 11) is 1.13. The van der Waals surface area contributed by atoms with Gasteiger partial charge in [0.05, 0.1) is 24.9 Å². The fourth-order valence-corrected chi connectivity index (χ4v) is 2.77. The average molecular weight is 378 g/mol. The predicted molar refractivity (Wildman–Crippen MR) is 97.1 cm³/mol. The maximum Gasteiger partial charge on any atom is 0.396 e. The summed E-state index contributed by atoms with van der Waals surface area (Å²) >= 11 is 0. The van der Waals surface area contributed by atoms with Crippen LogP contribution in [-0.2, 0) is 23.9 Å². The molecular weight excluding hydrogens is 352 g/mol. The first kappa shape index (κ1) is 20.7. The van der Waals surface area contributed by atoms with Gasteiger partial charge in [-0.1, -0.05) is 0 Å². The van der Waals surface area contributed by atoms with Gasteiger partial charge in [0, 0.05) is 6.07 Å². The summed E-state index contributed by atoms with van der Waals surface area (Å²) in [5, 5.41) is 2.38. The van der Waals surface area contributed by atoms with Crippen LogP contribution in [-0.4, -0.2) is 41.6 Å². The molecule has 148 valence electrons. The van der Waals surface area contributed by atoms with Crippen molar-refractivity contribution in [1.82, 2.24) is 4.98 Å². The lowest BCUT2D eigenvalue weighted by Gasteiger charge is -2.29. The highest BCUT2D eigenvalue weighted by Crippen LogP contribution is 2.29. The molecule has 0 atom stereocenters. The molecule has 1 heterocycles. The van der Waals surface area contributed by atoms with Crippen LogP contribution in [0.3, 0.4) is 0 Å². The second-order valence-corrected chi connectivity index (χ2v) is 7.46. The van der Waals surface area contributed by atoms with Crippen molar-refractivity contribution < 1.29 is 28.6 Å². The number of aromatic nitrogens is 1. The Bertz CT molecular complexity index is 672. The summed E-state index contributed by atoms with van der Waals surface area (Å²) in [6, 6.07) is 3.21. The van der Waals surface area contributed by atoms with E-state index in [-0.39, 0.29) is 18.0 Å². The van der Waals surface area contributed by atoms with Crippen LogP contribution in [0.5, 0.6) is 5.88 Å². The normalized spacial score (nSPS) is 19.7. The number of esters is 2. The molecule has 8 nitrogen and oxygen atoms in total. The van der Waals surface area contributed by atoms with Gasteiger partial charge in [0.2, 0.25) is 5.88 Å². The predicted octanol–water partition coefficient (Wildman–Crippen LogP) is 2.47. The number of carbonyl (C=O) groups is 3. The number of ether oxygens (including phenoxy) is 3. The number of amides is 1. The fraction of sp³-hybridized carbons (Fsp3) is 0.579. The third-order valence-corrected chi connectivity index (χ3v) is 4.07. The van der Waals surface area contributed by atoms with Crippen molar-refractivity contribution >= 4 is 23.5 Å². The van der Waals surface area contributed by atoms with E-state index < -0.39 is 17.5 Å². The molecule has 1 aromatic heterocycles. The van der Waals surface area contributed by atoms with Gasteiger partial charge in [0.1, 0.15) is 11.7 Å². The number of pyridine rings is 1. The third-order valence-electron chi connectivity index (χ3n) is 4.07. The van der Waals surface area contributed by atoms with E-state index in [0.29, 0.717) is 24.4 Å². The Morgan fingerprint density at radius 2 is 1.78 bits per heavy atom. The minimum atomic E-state index is -0.975. The number of hydrogen-bond donors (Lipinski definition) is 1. The number of methoxy groups -OCH3 is 1. The summed E-state index contributed by atoms with van der Waals surface area (Å²) in [5.41, 5.74) is -0.106. The maximum atomic E-state index is 12.1. The summed E-state index contributed by atoms with van der Waals surface area (Å²) in [5.74, 6) is -1.66. The van der Waals surface area contributed by atoms with Crippen LogP contribution in [0.15, 0.2) is 18.3 Å². The average Bonchev–Trinajstić information content (AvgIpc) is 2.61. The number of rotatable bonds is 4. The Morgan fingerprint density at radius 3 is 2.30 bits per heavy atom. The standard InChI is InChI=1S/C19H26N2O6/c1-19(2,3)27-17(23)12-5-8-14(9-6-12)26-15-10-7-13(11-20-15)21-16(22)18(24)25-4/h7,10-12,14H,5-6,8-9H2,1-4H3,(H,21,22). The minimum absolute atomic E-state index is 0.0216. The lowest BCUT2D eigenvalue weighted by Crippen LogP contribution is -2.33. The summed E-state index contributed by atoms with van der Waals surface area (Å²) in [6.07, 6.45) is 4.30. The molecule has 0 unspecified atom stereocenters. The second kappa shape index (κ2) is 8.83. The van der Waals surface area contributed by atoms with Gasteiger partial charge in [-0.3, -0.25) is 9.59 Å². The molecule has 0 aliphatic heterocycles. The van der Waals surface area contributed by atoms with Gasteiger partial charge in [-0.2, -0.15) is 0 Å². The van der Waals surface area contributed by atoms with Gasteiger partial charge in [-0.05, 0) is 52.5 Å². The van der Waals surface area contributed by atoms with Gasteiger partial charge < -0.3 is 19.5 Å². The second-order valence-electron chi connectivity index (χ2n) is 7.46. The molecule has 1 aliphatic rings. The Hall–Kier alpha value is -2.64. The van der Waals surface area contributed by atoms with Crippen molar-refractivity contribution in [1.29, 1.82) is 0 Å². The van der Waals surface area contributed by atoms with E-state index in [0.717, 1.165) is 20.0 Å². The molecule has 2 rings (SSSR count). The van der Waals surface area contributed by atoms with Crippen molar-refractivity contribution in [3.63, 3.8) is 0 Å². The Balaban J connectivity index is 1.81. The molecule has 0 bridgehead atoms. The van der Waals surface area contributed by atoms with Crippen molar-refractivity contribution in [3.05, 3.63) is 18.3 Å². The van der Waals surface area contributed by atoms with Crippen LogP contribution >= 0.6 is 0 Å². The van der Waals surface area contributed by atoms with E-state index in [9.17, 15) is 14.4 Å². The monoisotopic (exact) mass is 378 g/mol. The molecule has 0 spiro atoms. The summed E-state index contributed by atoms with van der Waals surface area (Å²) in [6.45, 7) is 5.59. The molecular formula is C19H26N2O6. The Morgan fingerprint density at radius 1 is 1.11 bits per heavy atom. The highest BCUT2D eigenvalue weighted by atomic mass is 16.6. The van der Waals surface area contributed by atoms with Gasteiger partial charge in [-0.25, -0.2) is 9.78 Å². The fourth-order valence-electron chi connectivity index (χ4n) is 2.77. The van der Waals surface area contributed by atoms with Crippen LogP contribution in [0.25, 0.3) is 0 Å². The van der Waals surface area contributed by atoms with Crippen molar-refractivity contribution in [2.45, 2.75) is 58.2 Å². The first-order valence-electron chi connectivity index (χ1n) is 8.93. The lowest BCUT2D eigenvalue weighted by molar-refractivity contribution is -0.161. The number of nitrogens with one attached hydrogen (secondary N) is 1. The van der Waals surface area contributed by atoms with Gasteiger partial charge >= 0.3 is 17.8 Å². The summed E-state index contributed by atoms with van der Waals surface area (Å²) in [4.78, 5) is 38.8. The van der Waals surface area contributed by atoms with Gasteiger partial charge in [-0.15, -0.1) is 0 Å². The van der Waals surface area contributed by atoms with Crippen molar-refractivity contribution in [2.24, 2.45) is 5.92 Å². The SMILES string of the molecule is COC(=O)C(=O)Nc1ccc(OC2CCC(C(=O)OC(C)(C)C)CC2)nc1. The number of hydrogen-bond acceptors (Lipinski definition) is 7. The molecule has 8 heteroatoms. The lowest BCUT2D eigenvalue weighted by atomic mass is 9.87. The zero-order chi connectivity index (χ0) is 20.0. The molecule has 0 saturated heterocycles. The quantitative estimate of drug-likeness (QED) is 0.634. The van der Waals surface area contributed by atoms with Crippen molar-refractivity contribution in [3.8, 4) is 5.88 Å². The van der Waals surface area contributed by atoms with Crippen LogP contribution in [0.1, 0.15) is 46.5 Å². The molecule has 27 heavy (non-hydrogen) atoms. The number of anilines is 1. The molecule has 0 aromatic carbocycles. The molecule has 1 saturated carbocycles. The molecule has 1 aliphatic carbocycles. The largest absolute Gasteiger partial charge is 0.474 e. The first-order valence-corrected chi connectivity index (χ1v) is 8.93. The van der Waals surface area contributed by atoms with E-state index in [1.165, 1.54) is 6.20 Å². The molecule has 1 amide bonds. The first-order chi connectivity index (χ1) is 12.7. The molecule has 1 fully saturated rings. The van der Waals surface area contributed by atoms with Crippen molar-refractivity contribution in [2.75, 3.05) is 12.4 Å². The Kier molecular flexibility index (Phi) is 6.76. The number of carbonyl (C=O) groups excluding carboxylic acids is 3. The Labute approximate surface area is 158 Å². The van der Waals surface area contributed by atoms with E-state index in [2.05, 4.69) is 15.0 Å². The molecule has 1 aromatic rings. The summed E-state index contributed by atoms with van der Waals surface area (Å²) < 4.78 is 15.6. The third kappa shape index (κ3) is 6.54. The minimum Gasteiger partial charge on any atom is -0.474 e. The zero-order valence-electron chi connectivity index (χ0n) is 16.1. The van der Waals surface area contributed by atoms with Gasteiger partial charge in [0.25, 0.3) is 0 Å². The van der Waals surface area contributed by atoms with Crippen LogP contribution in [0, 0.1) is 5.92 Å². The topological polar surface area (TPSA) is 104 Å². The smallest absolute Gasteiger partial charge is 0.396 e. The van der Waals surface area contributed by atoms with E-state index in [4.69, 9.17) is 9.47 Å². The zero-order valence-corrected chi connectivity index (χ0v) is 16.1. The highest BCUT2D eigenvalue weighted by molar-refractivity contribution is 6.37.